The van der Waals surface area contributed by atoms with E-state index in [4.69, 9.17) is 32.7 Å². The lowest BCUT2D eigenvalue weighted by molar-refractivity contribution is -0.139. The summed E-state index contributed by atoms with van der Waals surface area (Å²) in [5.41, 5.74) is 3.17. The largest absolute Gasteiger partial charge is 0.484 e. The Hall–Kier alpha value is -3.14. The molecule has 0 aliphatic rings. The van der Waals surface area contributed by atoms with Crippen molar-refractivity contribution < 1.29 is 23.9 Å². The van der Waals surface area contributed by atoms with Gasteiger partial charge in [0.15, 0.2) is 6.61 Å². The van der Waals surface area contributed by atoms with Crippen LogP contribution in [0.3, 0.4) is 0 Å². The third-order valence-electron chi connectivity index (χ3n) is 4.08. The fourth-order valence-electron chi connectivity index (χ4n) is 2.50. The molecule has 0 saturated carbocycles. The number of hydrazone groups is 1. The zero-order valence-corrected chi connectivity index (χ0v) is 20.3. The van der Waals surface area contributed by atoms with E-state index in [1.54, 1.807) is 36.4 Å². The molecule has 0 aliphatic heterocycles. The van der Waals surface area contributed by atoms with Crippen LogP contribution in [0.2, 0.25) is 10.0 Å². The second-order valence-electron chi connectivity index (χ2n) is 7.26. The molecule has 34 heavy (non-hydrogen) atoms. The number of halogens is 2. The second-order valence-corrected chi connectivity index (χ2v) is 8.11. The molecule has 2 aromatic carbocycles. The van der Waals surface area contributed by atoms with Gasteiger partial charge in [0.2, 0.25) is 0 Å². The van der Waals surface area contributed by atoms with Crippen molar-refractivity contribution in [1.29, 1.82) is 0 Å². The highest BCUT2D eigenvalue weighted by Gasteiger charge is 2.11. The molecular weight excluding hydrogens is 483 g/mol. The van der Waals surface area contributed by atoms with Crippen molar-refractivity contribution in [3.8, 4) is 5.75 Å². The van der Waals surface area contributed by atoms with Crippen molar-refractivity contribution in [3.63, 3.8) is 0 Å². The fourth-order valence-corrected chi connectivity index (χ4v) is 2.96. The predicted octanol–water partition coefficient (Wildman–Crippen LogP) is 3.39. The Morgan fingerprint density at radius 3 is 2.62 bits per heavy atom. The lowest BCUT2D eigenvalue weighted by Gasteiger charge is -2.09. The van der Waals surface area contributed by atoms with Crippen molar-refractivity contribution in [3.05, 3.63) is 58.1 Å². The van der Waals surface area contributed by atoms with Gasteiger partial charge in [-0.2, -0.15) is 5.10 Å². The third kappa shape index (κ3) is 10.2. The van der Waals surface area contributed by atoms with E-state index in [1.165, 1.54) is 12.3 Å². The van der Waals surface area contributed by atoms with E-state index in [0.29, 0.717) is 46.6 Å². The second kappa shape index (κ2) is 14.2. The summed E-state index contributed by atoms with van der Waals surface area (Å²) in [7, 11) is 0. The molecule has 0 fully saturated rings. The minimum Gasteiger partial charge on any atom is -0.484 e. The topological polar surface area (TPSA) is 118 Å². The standard InChI is InChI=1S/C23H26Cl2N4O5/c1-15(2)33-10-4-9-26-22(31)23(32)29-27-13-16-5-3-6-18(11-16)34-14-21(30)28-20-8-7-17(24)12-19(20)25/h3,5-8,11-13,15H,4,9-10,14H2,1-2H3,(H,26,31)(H,28,30)(H,29,32)/b27-13-. The smallest absolute Gasteiger partial charge is 0.329 e. The average Bonchev–Trinajstić information content (AvgIpc) is 2.79. The quantitative estimate of drug-likeness (QED) is 0.186. The highest BCUT2D eigenvalue weighted by atomic mass is 35.5. The molecule has 0 atom stereocenters. The van der Waals surface area contributed by atoms with Gasteiger partial charge in [0.1, 0.15) is 5.75 Å². The van der Waals surface area contributed by atoms with E-state index in [0.717, 1.165) is 0 Å². The summed E-state index contributed by atoms with van der Waals surface area (Å²) in [5, 5.41) is 9.66. The van der Waals surface area contributed by atoms with E-state index in [-0.39, 0.29) is 12.7 Å². The number of nitrogens with one attached hydrogen (secondary N) is 3. The number of anilines is 1. The number of hydrogen-bond donors (Lipinski definition) is 3. The molecule has 0 unspecified atom stereocenters. The van der Waals surface area contributed by atoms with Gasteiger partial charge in [-0.05, 0) is 56.2 Å². The predicted molar refractivity (Wildman–Crippen MR) is 131 cm³/mol. The number of nitrogens with zero attached hydrogens (tertiary/aromatic N) is 1. The summed E-state index contributed by atoms with van der Waals surface area (Å²) in [4.78, 5) is 35.6. The van der Waals surface area contributed by atoms with Gasteiger partial charge in [-0.15, -0.1) is 0 Å². The molecule has 9 nitrogen and oxygen atoms in total. The molecule has 0 bridgehead atoms. The van der Waals surface area contributed by atoms with Crippen LogP contribution in [0.5, 0.6) is 5.75 Å². The number of rotatable bonds is 11. The first-order valence-corrected chi connectivity index (χ1v) is 11.2. The zero-order valence-electron chi connectivity index (χ0n) is 18.8. The summed E-state index contributed by atoms with van der Waals surface area (Å²) in [6, 6.07) is 11.4. The Labute approximate surface area is 207 Å². The highest BCUT2D eigenvalue weighted by molar-refractivity contribution is 6.36. The molecular formula is C23H26Cl2N4O5. The lowest BCUT2D eigenvalue weighted by Crippen LogP contribution is -2.38. The normalized spacial score (nSPS) is 10.9. The van der Waals surface area contributed by atoms with Crippen molar-refractivity contribution in [2.24, 2.45) is 5.10 Å². The summed E-state index contributed by atoms with van der Waals surface area (Å²) < 4.78 is 10.8. The molecule has 2 rings (SSSR count). The van der Waals surface area contributed by atoms with Crippen LogP contribution in [-0.4, -0.2) is 49.8 Å². The van der Waals surface area contributed by atoms with Crippen molar-refractivity contribution in [2.45, 2.75) is 26.4 Å². The Bertz CT molecular complexity index is 1030. The summed E-state index contributed by atoms with van der Waals surface area (Å²) in [6.07, 6.45) is 2.06. The van der Waals surface area contributed by atoms with E-state index in [9.17, 15) is 14.4 Å². The Kier molecular flexibility index (Phi) is 11.3. The minimum atomic E-state index is -0.883. The van der Waals surface area contributed by atoms with Gasteiger partial charge < -0.3 is 20.1 Å². The van der Waals surface area contributed by atoms with E-state index in [2.05, 4.69) is 21.2 Å². The van der Waals surface area contributed by atoms with Gasteiger partial charge in [0.05, 0.1) is 23.0 Å². The van der Waals surface area contributed by atoms with Crippen LogP contribution < -0.4 is 20.8 Å². The van der Waals surface area contributed by atoms with Gasteiger partial charge in [0.25, 0.3) is 5.91 Å². The fraction of sp³-hybridized carbons (Fsp3) is 0.304. The summed E-state index contributed by atoms with van der Waals surface area (Å²) >= 11 is 11.9. The number of amides is 3. The van der Waals surface area contributed by atoms with Crippen molar-refractivity contribution in [2.75, 3.05) is 25.1 Å². The maximum Gasteiger partial charge on any atom is 0.329 e. The van der Waals surface area contributed by atoms with Crippen LogP contribution in [0.15, 0.2) is 47.6 Å². The number of carbonyl (C=O) groups excluding carboxylic acids is 3. The van der Waals surface area contributed by atoms with Crippen LogP contribution in [0, 0.1) is 0 Å². The molecule has 3 amide bonds. The summed E-state index contributed by atoms with van der Waals surface area (Å²) in [6.45, 7) is 4.40. The van der Waals surface area contributed by atoms with Gasteiger partial charge in [-0.25, -0.2) is 5.43 Å². The third-order valence-corrected chi connectivity index (χ3v) is 4.62. The van der Waals surface area contributed by atoms with Crippen LogP contribution in [0.1, 0.15) is 25.8 Å². The van der Waals surface area contributed by atoms with Gasteiger partial charge in [0, 0.05) is 18.2 Å². The molecule has 0 radical (unpaired) electrons. The molecule has 3 N–H and O–H groups in total. The Morgan fingerprint density at radius 2 is 1.88 bits per heavy atom. The first-order chi connectivity index (χ1) is 16.2. The maximum atomic E-state index is 12.1. The molecule has 0 aromatic heterocycles. The molecule has 0 aliphatic carbocycles. The molecule has 0 spiro atoms. The SMILES string of the molecule is CC(C)OCCCNC(=O)C(=O)N/N=C\c1cccc(OCC(=O)Nc2ccc(Cl)cc2Cl)c1. The van der Waals surface area contributed by atoms with Crippen LogP contribution >= 0.6 is 23.2 Å². The van der Waals surface area contributed by atoms with E-state index in [1.807, 2.05) is 13.8 Å². The van der Waals surface area contributed by atoms with Crippen LogP contribution in [-0.2, 0) is 19.1 Å². The first-order valence-electron chi connectivity index (χ1n) is 10.4. The number of ether oxygens (including phenoxy) is 2. The Morgan fingerprint density at radius 1 is 1.09 bits per heavy atom. The van der Waals surface area contributed by atoms with Gasteiger partial charge >= 0.3 is 11.8 Å². The van der Waals surface area contributed by atoms with Crippen LogP contribution in [0.4, 0.5) is 5.69 Å². The zero-order chi connectivity index (χ0) is 24.9. The van der Waals surface area contributed by atoms with Crippen LogP contribution in [0.25, 0.3) is 0 Å². The van der Waals surface area contributed by atoms with E-state index < -0.39 is 17.7 Å². The molecule has 0 saturated heterocycles. The maximum absolute atomic E-state index is 12.1. The Balaban J connectivity index is 1.76. The highest BCUT2D eigenvalue weighted by Crippen LogP contribution is 2.25. The van der Waals surface area contributed by atoms with Gasteiger partial charge in [-0.3, -0.25) is 14.4 Å². The van der Waals surface area contributed by atoms with Crippen molar-refractivity contribution in [1.82, 2.24) is 10.7 Å². The number of carbonyl (C=O) groups is 3. The molecule has 11 heteroatoms. The molecule has 182 valence electrons. The van der Waals surface area contributed by atoms with E-state index >= 15 is 0 Å². The number of hydrogen-bond acceptors (Lipinski definition) is 6. The number of benzene rings is 2. The minimum absolute atomic E-state index is 0.114. The van der Waals surface area contributed by atoms with Gasteiger partial charge in [-0.1, -0.05) is 35.3 Å². The monoisotopic (exact) mass is 508 g/mol. The lowest BCUT2D eigenvalue weighted by atomic mass is 10.2. The van der Waals surface area contributed by atoms with Crippen molar-refractivity contribution >= 4 is 52.8 Å². The molecule has 0 heterocycles. The first kappa shape index (κ1) is 27.1. The average molecular weight is 509 g/mol. The molecule has 2 aromatic rings. The summed E-state index contributed by atoms with van der Waals surface area (Å²) in [5.74, 6) is -1.66.